The number of rotatable bonds is 6. The molecule has 0 amide bonds. The lowest BCUT2D eigenvalue weighted by atomic mass is 9.96. The van der Waals surface area contributed by atoms with Gasteiger partial charge in [0.2, 0.25) is 0 Å². The Bertz CT molecular complexity index is 150. The van der Waals surface area contributed by atoms with Gasteiger partial charge in [0.05, 0.1) is 12.7 Å². The Kier molecular flexibility index (Phi) is 6.22. The van der Waals surface area contributed by atoms with Crippen molar-refractivity contribution in [3.63, 3.8) is 0 Å². The molecule has 0 radical (unpaired) electrons. The lowest BCUT2D eigenvalue weighted by Crippen LogP contribution is -2.46. The van der Waals surface area contributed by atoms with Crippen LogP contribution in [0.15, 0.2) is 0 Å². The largest absolute Gasteiger partial charge is 0.394 e. The Morgan fingerprint density at radius 1 is 0.857 bits per heavy atom. The van der Waals surface area contributed by atoms with Gasteiger partial charge in [0.1, 0.15) is 18.3 Å². The molecule has 4 atom stereocenters. The Balaban J connectivity index is 4.09. The normalized spacial score (nSPS) is 20.6. The van der Waals surface area contributed by atoms with Gasteiger partial charge in [0, 0.05) is 0 Å². The molecule has 5 heteroatoms. The first-order chi connectivity index (χ1) is 6.40. The average Bonchev–Trinajstić information content (AvgIpc) is 2.13. The van der Waals surface area contributed by atoms with Gasteiger partial charge in [-0.25, -0.2) is 0 Å². The van der Waals surface area contributed by atoms with Gasteiger partial charge in [-0.3, -0.25) is 0 Å². The van der Waals surface area contributed by atoms with Crippen LogP contribution in [0.1, 0.15) is 20.3 Å². The maximum absolute atomic E-state index is 9.40. The quantitative estimate of drug-likeness (QED) is 0.364. The molecule has 0 saturated carbocycles. The second-order valence-corrected chi connectivity index (χ2v) is 3.93. The van der Waals surface area contributed by atoms with Crippen molar-refractivity contribution >= 4 is 0 Å². The summed E-state index contributed by atoms with van der Waals surface area (Å²) in [5.41, 5.74) is 0. The Morgan fingerprint density at radius 3 is 1.64 bits per heavy atom. The third-order valence-electron chi connectivity index (χ3n) is 2.04. The first-order valence-corrected chi connectivity index (χ1v) is 4.73. The first-order valence-electron chi connectivity index (χ1n) is 4.73. The molecule has 5 N–H and O–H groups in total. The number of aliphatic hydroxyl groups is 5. The monoisotopic (exact) mass is 208 g/mol. The van der Waals surface area contributed by atoms with Crippen LogP contribution in [0, 0.1) is 5.92 Å². The van der Waals surface area contributed by atoms with Crippen molar-refractivity contribution in [3.05, 3.63) is 0 Å². The van der Waals surface area contributed by atoms with E-state index >= 15 is 0 Å². The fraction of sp³-hybridized carbons (Fsp3) is 1.00. The molecule has 0 unspecified atom stereocenters. The van der Waals surface area contributed by atoms with Crippen molar-refractivity contribution < 1.29 is 25.5 Å². The van der Waals surface area contributed by atoms with Crippen LogP contribution in [0.3, 0.4) is 0 Å². The summed E-state index contributed by atoms with van der Waals surface area (Å²) < 4.78 is 0. The van der Waals surface area contributed by atoms with Crippen molar-refractivity contribution in [1.29, 1.82) is 0 Å². The van der Waals surface area contributed by atoms with Gasteiger partial charge in [0.15, 0.2) is 0 Å². The summed E-state index contributed by atoms with van der Waals surface area (Å²) in [4.78, 5) is 0. The van der Waals surface area contributed by atoms with E-state index in [1.165, 1.54) is 0 Å². The van der Waals surface area contributed by atoms with Crippen molar-refractivity contribution in [2.45, 2.75) is 44.7 Å². The Labute approximate surface area is 83.6 Å². The third-order valence-corrected chi connectivity index (χ3v) is 2.04. The van der Waals surface area contributed by atoms with Gasteiger partial charge in [-0.2, -0.15) is 0 Å². The molecule has 5 nitrogen and oxygen atoms in total. The van der Waals surface area contributed by atoms with Gasteiger partial charge < -0.3 is 25.5 Å². The Morgan fingerprint density at radius 2 is 1.29 bits per heavy atom. The zero-order valence-electron chi connectivity index (χ0n) is 8.54. The number of hydrogen-bond donors (Lipinski definition) is 5. The van der Waals surface area contributed by atoms with Gasteiger partial charge in [-0.15, -0.1) is 0 Å². The van der Waals surface area contributed by atoms with E-state index in [1.54, 1.807) is 0 Å². The van der Waals surface area contributed by atoms with Crippen LogP contribution in [0.4, 0.5) is 0 Å². The van der Waals surface area contributed by atoms with Crippen molar-refractivity contribution in [2.75, 3.05) is 6.61 Å². The highest BCUT2D eigenvalue weighted by atomic mass is 16.4. The molecule has 86 valence electrons. The van der Waals surface area contributed by atoms with Crippen LogP contribution in [-0.4, -0.2) is 56.6 Å². The molecule has 0 aromatic carbocycles. The molecular weight excluding hydrogens is 188 g/mol. The molecule has 0 spiro atoms. The molecule has 0 aromatic heterocycles. The van der Waals surface area contributed by atoms with Crippen molar-refractivity contribution in [3.8, 4) is 0 Å². The highest BCUT2D eigenvalue weighted by molar-refractivity contribution is 4.80. The van der Waals surface area contributed by atoms with E-state index in [2.05, 4.69) is 0 Å². The summed E-state index contributed by atoms with van der Waals surface area (Å²) in [7, 11) is 0. The topological polar surface area (TPSA) is 101 Å². The van der Waals surface area contributed by atoms with E-state index in [1.807, 2.05) is 13.8 Å². The number of aliphatic hydroxyl groups excluding tert-OH is 5. The lowest BCUT2D eigenvalue weighted by Gasteiger charge is -2.26. The zero-order valence-corrected chi connectivity index (χ0v) is 8.54. The smallest absolute Gasteiger partial charge is 0.110 e. The second-order valence-electron chi connectivity index (χ2n) is 3.93. The van der Waals surface area contributed by atoms with Gasteiger partial charge in [-0.05, 0) is 12.3 Å². The molecule has 0 bridgehead atoms. The van der Waals surface area contributed by atoms with Gasteiger partial charge >= 0.3 is 0 Å². The van der Waals surface area contributed by atoms with Crippen LogP contribution in [0.2, 0.25) is 0 Å². The highest BCUT2D eigenvalue weighted by Crippen LogP contribution is 2.12. The van der Waals surface area contributed by atoms with Crippen LogP contribution in [0.5, 0.6) is 0 Å². The molecule has 0 aliphatic heterocycles. The lowest BCUT2D eigenvalue weighted by molar-refractivity contribution is -0.118. The molecule has 0 aromatic rings. The van der Waals surface area contributed by atoms with Crippen LogP contribution >= 0.6 is 0 Å². The minimum Gasteiger partial charge on any atom is -0.394 e. The summed E-state index contributed by atoms with van der Waals surface area (Å²) in [6.07, 6.45) is -5.14. The van der Waals surface area contributed by atoms with E-state index in [4.69, 9.17) is 10.2 Å². The zero-order chi connectivity index (χ0) is 11.3. The fourth-order valence-electron chi connectivity index (χ4n) is 1.19. The SMILES string of the molecule is CC(C)C[C@H](O)[C@H](O)[C@H](O)[C@H](O)CO. The predicted molar refractivity (Wildman–Crippen MR) is 50.6 cm³/mol. The van der Waals surface area contributed by atoms with Crippen LogP contribution in [0.25, 0.3) is 0 Å². The van der Waals surface area contributed by atoms with E-state index in [0.29, 0.717) is 6.42 Å². The molecule has 0 aliphatic carbocycles. The fourth-order valence-corrected chi connectivity index (χ4v) is 1.19. The summed E-state index contributed by atoms with van der Waals surface area (Å²) in [6.45, 7) is 3.09. The summed E-state index contributed by atoms with van der Waals surface area (Å²) in [6, 6.07) is 0. The van der Waals surface area contributed by atoms with E-state index in [9.17, 15) is 15.3 Å². The van der Waals surface area contributed by atoms with Gasteiger partial charge in [-0.1, -0.05) is 13.8 Å². The van der Waals surface area contributed by atoms with Gasteiger partial charge in [0.25, 0.3) is 0 Å². The second kappa shape index (κ2) is 6.31. The molecule has 0 heterocycles. The van der Waals surface area contributed by atoms with Crippen molar-refractivity contribution in [1.82, 2.24) is 0 Å². The minimum absolute atomic E-state index is 0.179. The Hall–Kier alpha value is -0.200. The minimum atomic E-state index is -1.52. The first kappa shape index (κ1) is 13.8. The molecule has 0 aliphatic rings. The molecule has 0 saturated heterocycles. The maximum atomic E-state index is 9.40. The average molecular weight is 208 g/mol. The van der Waals surface area contributed by atoms with E-state index in [-0.39, 0.29) is 5.92 Å². The standard InChI is InChI=1S/C9H20O5/c1-5(2)3-6(11)8(13)9(14)7(12)4-10/h5-14H,3-4H2,1-2H3/t6-,7+,8-,9+/m0/s1. The summed E-state index contributed by atoms with van der Waals surface area (Å²) in [5, 5.41) is 45.5. The molecule has 0 rings (SSSR count). The molecule has 0 fully saturated rings. The predicted octanol–water partition coefficient (Wildman–Crippen LogP) is -1.53. The van der Waals surface area contributed by atoms with Crippen LogP contribution in [-0.2, 0) is 0 Å². The van der Waals surface area contributed by atoms with E-state index in [0.717, 1.165) is 0 Å². The summed E-state index contributed by atoms with van der Waals surface area (Å²) in [5.74, 6) is 0.179. The third kappa shape index (κ3) is 4.34. The number of hydrogen-bond acceptors (Lipinski definition) is 5. The molecular formula is C9H20O5. The van der Waals surface area contributed by atoms with Crippen molar-refractivity contribution in [2.24, 2.45) is 5.92 Å². The highest BCUT2D eigenvalue weighted by Gasteiger charge is 2.29. The summed E-state index contributed by atoms with van der Waals surface area (Å²) >= 11 is 0. The van der Waals surface area contributed by atoms with Crippen LogP contribution < -0.4 is 0 Å². The van der Waals surface area contributed by atoms with E-state index < -0.39 is 31.0 Å². The molecule has 14 heavy (non-hydrogen) atoms. The maximum Gasteiger partial charge on any atom is 0.110 e.